The molecule has 3 aromatic rings. The fourth-order valence-electron chi connectivity index (χ4n) is 4.70. The van der Waals surface area contributed by atoms with Gasteiger partial charge in [0.2, 0.25) is 11.5 Å². The number of ketones is 1. The van der Waals surface area contributed by atoms with E-state index in [0.29, 0.717) is 56.8 Å². The normalized spacial score (nSPS) is 17.1. The number of rotatable bonds is 6. The number of benzene rings is 3. The van der Waals surface area contributed by atoms with Crippen molar-refractivity contribution in [3.63, 3.8) is 0 Å². The van der Waals surface area contributed by atoms with Crippen molar-refractivity contribution in [2.75, 3.05) is 28.4 Å². The predicted molar refractivity (Wildman–Crippen MR) is 131 cm³/mol. The van der Waals surface area contributed by atoms with Crippen LogP contribution in [0.3, 0.4) is 0 Å². The molecule has 1 atom stereocenters. The Bertz CT molecular complexity index is 1400. The number of hydrogen-bond donors (Lipinski definition) is 0. The van der Waals surface area contributed by atoms with Gasteiger partial charge in [-0.3, -0.25) is 9.59 Å². The van der Waals surface area contributed by atoms with Crippen LogP contribution in [0.2, 0.25) is 0 Å². The molecule has 0 N–H and O–H groups in total. The first-order valence-corrected chi connectivity index (χ1v) is 11.2. The van der Waals surface area contributed by atoms with Crippen LogP contribution in [0.5, 0.6) is 34.5 Å². The van der Waals surface area contributed by atoms with Crippen molar-refractivity contribution >= 4 is 17.8 Å². The Balaban J connectivity index is 1.66. The van der Waals surface area contributed by atoms with E-state index in [-0.39, 0.29) is 18.0 Å². The summed E-state index contributed by atoms with van der Waals surface area (Å²) in [4.78, 5) is 25.9. The summed E-state index contributed by atoms with van der Waals surface area (Å²) in [5.41, 5.74) is 2.36. The van der Waals surface area contributed by atoms with Crippen molar-refractivity contribution in [3.8, 4) is 34.5 Å². The zero-order valence-electron chi connectivity index (χ0n) is 20.2. The van der Waals surface area contributed by atoms with Gasteiger partial charge in [-0.05, 0) is 30.3 Å². The number of hydrogen-bond acceptors (Lipinski definition) is 8. The zero-order valence-corrected chi connectivity index (χ0v) is 20.2. The quantitative estimate of drug-likeness (QED) is 0.278. The predicted octanol–water partition coefficient (Wildman–Crippen LogP) is 4.78. The summed E-state index contributed by atoms with van der Waals surface area (Å²) in [5, 5.41) is 0. The molecule has 0 aromatic heterocycles. The molecular weight excluding hydrogens is 464 g/mol. The molecule has 2 heterocycles. The van der Waals surface area contributed by atoms with Crippen molar-refractivity contribution in [1.82, 2.24) is 0 Å². The number of allylic oxidation sites excluding steroid dienone is 1. The second-order valence-corrected chi connectivity index (χ2v) is 8.19. The highest BCUT2D eigenvalue weighted by atomic mass is 16.5. The van der Waals surface area contributed by atoms with Gasteiger partial charge in [-0.15, -0.1) is 0 Å². The molecule has 0 radical (unpaired) electrons. The van der Waals surface area contributed by atoms with Crippen LogP contribution in [0.25, 0.3) is 6.08 Å². The van der Waals surface area contributed by atoms with Crippen LogP contribution >= 0.6 is 0 Å². The Kier molecular flexibility index (Phi) is 6.01. The molecule has 2 aliphatic heterocycles. The van der Waals surface area contributed by atoms with Gasteiger partial charge in [-0.1, -0.05) is 24.3 Å². The molecule has 1 unspecified atom stereocenters. The minimum absolute atomic E-state index is 0.0262. The van der Waals surface area contributed by atoms with E-state index in [9.17, 15) is 9.59 Å². The number of para-hydroxylation sites is 1. The summed E-state index contributed by atoms with van der Waals surface area (Å²) < 4.78 is 33.7. The van der Waals surface area contributed by atoms with E-state index in [4.69, 9.17) is 28.4 Å². The SMILES string of the molecule is COc1ccccc1/C=C1\Oc2c(ccc3c2C(c2ccc(OC)c(OC)c2OC)CC(=O)O3)C1=O. The van der Waals surface area contributed by atoms with Crippen LogP contribution in [0.1, 0.15) is 39.4 Å². The average molecular weight is 488 g/mol. The van der Waals surface area contributed by atoms with Crippen molar-refractivity contribution < 1.29 is 38.0 Å². The lowest BCUT2D eigenvalue weighted by atomic mass is 9.84. The topological polar surface area (TPSA) is 89.5 Å². The van der Waals surface area contributed by atoms with E-state index in [2.05, 4.69) is 0 Å². The van der Waals surface area contributed by atoms with Gasteiger partial charge < -0.3 is 28.4 Å². The molecule has 0 amide bonds. The summed E-state index contributed by atoms with van der Waals surface area (Å²) in [6.07, 6.45) is 1.67. The van der Waals surface area contributed by atoms with Crippen molar-refractivity contribution in [2.45, 2.75) is 12.3 Å². The Hall–Kier alpha value is -4.46. The smallest absolute Gasteiger partial charge is 0.312 e. The number of carbonyl (C=O) groups excluding carboxylic acids is 2. The molecule has 0 bridgehead atoms. The van der Waals surface area contributed by atoms with Crippen LogP contribution in [0.4, 0.5) is 0 Å². The molecule has 8 heteroatoms. The largest absolute Gasteiger partial charge is 0.496 e. The Morgan fingerprint density at radius 2 is 1.56 bits per heavy atom. The first kappa shape index (κ1) is 23.3. The van der Waals surface area contributed by atoms with Crippen LogP contribution < -0.4 is 28.4 Å². The zero-order chi connectivity index (χ0) is 25.4. The number of carbonyl (C=O) groups is 2. The van der Waals surface area contributed by atoms with Crippen LogP contribution in [-0.4, -0.2) is 40.2 Å². The van der Waals surface area contributed by atoms with Gasteiger partial charge in [-0.2, -0.15) is 0 Å². The Morgan fingerprint density at radius 3 is 2.28 bits per heavy atom. The number of Topliss-reactive ketones (excluding diaryl/α,β-unsaturated/α-hetero) is 1. The van der Waals surface area contributed by atoms with E-state index in [1.54, 1.807) is 37.5 Å². The monoisotopic (exact) mass is 488 g/mol. The van der Waals surface area contributed by atoms with Crippen molar-refractivity contribution in [3.05, 3.63) is 76.5 Å². The van der Waals surface area contributed by atoms with Gasteiger partial charge in [0.15, 0.2) is 17.3 Å². The van der Waals surface area contributed by atoms with E-state index < -0.39 is 11.9 Å². The highest BCUT2D eigenvalue weighted by molar-refractivity contribution is 6.15. The van der Waals surface area contributed by atoms with E-state index in [1.807, 2.05) is 24.3 Å². The molecule has 5 rings (SSSR count). The van der Waals surface area contributed by atoms with E-state index in [0.717, 1.165) is 0 Å². The van der Waals surface area contributed by atoms with E-state index in [1.165, 1.54) is 21.3 Å². The lowest BCUT2D eigenvalue weighted by Gasteiger charge is -2.28. The van der Waals surface area contributed by atoms with Gasteiger partial charge in [0.05, 0.1) is 40.4 Å². The van der Waals surface area contributed by atoms with Crippen molar-refractivity contribution in [1.29, 1.82) is 0 Å². The summed E-state index contributed by atoms with van der Waals surface area (Å²) in [6, 6.07) is 14.1. The summed E-state index contributed by atoms with van der Waals surface area (Å²) in [7, 11) is 6.13. The minimum Gasteiger partial charge on any atom is -0.496 e. The van der Waals surface area contributed by atoms with Crippen LogP contribution in [0.15, 0.2) is 54.3 Å². The summed E-state index contributed by atoms with van der Waals surface area (Å²) in [6.45, 7) is 0. The third-order valence-electron chi connectivity index (χ3n) is 6.32. The summed E-state index contributed by atoms with van der Waals surface area (Å²) in [5.74, 6) is 1.58. The standard InChI is InChI=1S/C28H24O8/c1-31-19-8-6-5-7-15(19)13-22-25(30)17-10-11-20-24(26(17)36-22)18(14-23(29)35-20)16-9-12-21(32-2)28(34-4)27(16)33-3/h5-13,18H,14H2,1-4H3/b22-13-. The van der Waals surface area contributed by atoms with E-state index >= 15 is 0 Å². The molecule has 0 spiro atoms. The third-order valence-corrected chi connectivity index (χ3v) is 6.32. The lowest BCUT2D eigenvalue weighted by molar-refractivity contribution is -0.135. The lowest BCUT2D eigenvalue weighted by Crippen LogP contribution is -2.22. The molecule has 0 fully saturated rings. The molecule has 8 nitrogen and oxygen atoms in total. The molecular formula is C28H24O8. The molecule has 0 saturated carbocycles. The second kappa shape index (κ2) is 9.30. The maximum absolute atomic E-state index is 13.3. The highest BCUT2D eigenvalue weighted by Crippen LogP contribution is 2.53. The summed E-state index contributed by atoms with van der Waals surface area (Å²) >= 11 is 0. The van der Waals surface area contributed by atoms with Crippen molar-refractivity contribution in [2.24, 2.45) is 0 Å². The number of esters is 1. The fourth-order valence-corrected chi connectivity index (χ4v) is 4.70. The molecule has 3 aromatic carbocycles. The average Bonchev–Trinajstić information content (AvgIpc) is 3.22. The molecule has 0 aliphatic carbocycles. The number of fused-ring (bicyclic) bond motifs is 3. The number of ether oxygens (including phenoxy) is 6. The second-order valence-electron chi connectivity index (χ2n) is 8.19. The van der Waals surface area contributed by atoms with Gasteiger partial charge in [-0.25, -0.2) is 0 Å². The van der Waals surface area contributed by atoms with Gasteiger partial charge in [0, 0.05) is 22.6 Å². The van der Waals surface area contributed by atoms with Gasteiger partial charge >= 0.3 is 5.97 Å². The Morgan fingerprint density at radius 1 is 0.806 bits per heavy atom. The third kappa shape index (κ3) is 3.71. The maximum atomic E-state index is 13.3. The molecule has 184 valence electrons. The van der Waals surface area contributed by atoms with Crippen LogP contribution in [-0.2, 0) is 4.79 Å². The Labute approximate surface area is 207 Å². The molecule has 36 heavy (non-hydrogen) atoms. The van der Waals surface area contributed by atoms with Crippen LogP contribution in [0, 0.1) is 0 Å². The maximum Gasteiger partial charge on any atom is 0.312 e. The minimum atomic E-state index is -0.510. The molecule has 2 aliphatic rings. The van der Waals surface area contributed by atoms with Gasteiger partial charge in [0.25, 0.3) is 0 Å². The molecule has 0 saturated heterocycles. The highest BCUT2D eigenvalue weighted by Gasteiger charge is 2.40. The van der Waals surface area contributed by atoms with Gasteiger partial charge in [0.1, 0.15) is 17.2 Å². The first-order valence-electron chi connectivity index (χ1n) is 11.2. The fraction of sp³-hybridized carbons (Fsp3) is 0.214. The number of methoxy groups -OCH3 is 4. The first-order chi connectivity index (χ1) is 17.5.